The molecule has 4 heteroatoms. The molecule has 0 unspecified atom stereocenters. The summed E-state index contributed by atoms with van der Waals surface area (Å²) in [6.07, 6.45) is 4.86. The summed E-state index contributed by atoms with van der Waals surface area (Å²) in [7, 11) is 0. The van der Waals surface area contributed by atoms with E-state index in [0.717, 1.165) is 28.8 Å². The Kier molecular flexibility index (Phi) is 5.99. The van der Waals surface area contributed by atoms with Gasteiger partial charge in [0.25, 0.3) is 0 Å². The Labute approximate surface area is 125 Å². The van der Waals surface area contributed by atoms with Gasteiger partial charge in [0.05, 0.1) is 0 Å². The molecule has 0 aliphatic rings. The Balaban J connectivity index is 2.11. The summed E-state index contributed by atoms with van der Waals surface area (Å²) in [5.74, 6) is 0. The summed E-state index contributed by atoms with van der Waals surface area (Å²) >= 11 is 1.70. The van der Waals surface area contributed by atoms with Gasteiger partial charge in [-0.25, -0.2) is 0 Å². The van der Waals surface area contributed by atoms with Crippen molar-refractivity contribution in [3.8, 4) is 10.6 Å². The summed E-state index contributed by atoms with van der Waals surface area (Å²) < 4.78 is 0. The molecule has 0 radical (unpaired) electrons. The third kappa shape index (κ3) is 4.04. The van der Waals surface area contributed by atoms with Crippen LogP contribution in [0.15, 0.2) is 30.3 Å². The van der Waals surface area contributed by atoms with Gasteiger partial charge in [-0.2, -0.15) is 0 Å². The van der Waals surface area contributed by atoms with Gasteiger partial charge >= 0.3 is 0 Å². The van der Waals surface area contributed by atoms with Crippen LogP contribution in [0, 0.1) is 0 Å². The number of benzene rings is 1. The lowest BCUT2D eigenvalue weighted by Gasteiger charge is -2.20. The molecule has 2 rings (SSSR count). The van der Waals surface area contributed by atoms with Crippen molar-refractivity contribution in [2.75, 3.05) is 18.0 Å². The molecule has 108 valence electrons. The second kappa shape index (κ2) is 8.00. The molecule has 0 atom stereocenters. The number of nitrogens with zero attached hydrogens (tertiary/aromatic N) is 3. The van der Waals surface area contributed by atoms with Crippen LogP contribution in [-0.2, 0) is 0 Å². The molecule has 0 amide bonds. The van der Waals surface area contributed by atoms with E-state index in [0.29, 0.717) is 0 Å². The van der Waals surface area contributed by atoms with Gasteiger partial charge in [0.15, 0.2) is 0 Å². The summed E-state index contributed by atoms with van der Waals surface area (Å²) in [4.78, 5) is 2.39. The first-order chi connectivity index (χ1) is 9.85. The van der Waals surface area contributed by atoms with Crippen molar-refractivity contribution in [2.24, 2.45) is 0 Å². The van der Waals surface area contributed by atoms with Crippen molar-refractivity contribution < 1.29 is 0 Å². The molecule has 0 aliphatic carbocycles. The molecule has 0 saturated carbocycles. The fourth-order valence-corrected chi connectivity index (χ4v) is 2.94. The predicted octanol–water partition coefficient (Wildman–Crippen LogP) is 4.61. The Morgan fingerprint density at radius 2 is 1.60 bits per heavy atom. The van der Waals surface area contributed by atoms with Crippen LogP contribution in [0.5, 0.6) is 0 Å². The summed E-state index contributed by atoms with van der Waals surface area (Å²) in [5.41, 5.74) is 1.15. The molecule has 0 saturated heterocycles. The summed E-state index contributed by atoms with van der Waals surface area (Å²) in [6, 6.07) is 10.3. The Morgan fingerprint density at radius 3 is 2.20 bits per heavy atom. The van der Waals surface area contributed by atoms with Crippen LogP contribution in [0.2, 0.25) is 0 Å². The van der Waals surface area contributed by atoms with E-state index in [4.69, 9.17) is 0 Å². The summed E-state index contributed by atoms with van der Waals surface area (Å²) in [5, 5.41) is 10.8. The molecule has 1 heterocycles. The highest BCUT2D eigenvalue weighted by Crippen LogP contribution is 2.28. The smallest absolute Gasteiger partial charge is 0.208 e. The minimum Gasteiger partial charge on any atom is -0.347 e. The monoisotopic (exact) mass is 289 g/mol. The average Bonchev–Trinajstić information content (AvgIpc) is 2.98. The molecule has 2 aromatic rings. The van der Waals surface area contributed by atoms with Crippen LogP contribution in [0.4, 0.5) is 5.13 Å². The minimum absolute atomic E-state index is 1.01. The molecule has 0 bridgehead atoms. The topological polar surface area (TPSA) is 29.0 Å². The lowest BCUT2D eigenvalue weighted by Crippen LogP contribution is -2.25. The van der Waals surface area contributed by atoms with Crippen molar-refractivity contribution in [2.45, 2.75) is 39.5 Å². The van der Waals surface area contributed by atoms with Gasteiger partial charge in [-0.1, -0.05) is 68.4 Å². The number of hydrogen-bond donors (Lipinski definition) is 0. The predicted molar refractivity (Wildman–Crippen MR) is 87.4 cm³/mol. The number of rotatable bonds is 8. The van der Waals surface area contributed by atoms with Crippen molar-refractivity contribution in [3.63, 3.8) is 0 Å². The van der Waals surface area contributed by atoms with Crippen molar-refractivity contribution >= 4 is 16.5 Å². The normalized spacial score (nSPS) is 10.7. The lowest BCUT2D eigenvalue weighted by atomic mass is 10.2. The second-order valence-electron chi connectivity index (χ2n) is 4.95. The van der Waals surface area contributed by atoms with Gasteiger partial charge in [0.1, 0.15) is 5.01 Å². The Morgan fingerprint density at radius 1 is 0.950 bits per heavy atom. The van der Waals surface area contributed by atoms with Crippen LogP contribution in [-0.4, -0.2) is 23.3 Å². The quantitative estimate of drug-likeness (QED) is 0.710. The van der Waals surface area contributed by atoms with Crippen LogP contribution in [0.3, 0.4) is 0 Å². The van der Waals surface area contributed by atoms with Gasteiger partial charge in [-0.05, 0) is 12.8 Å². The molecule has 20 heavy (non-hydrogen) atoms. The van der Waals surface area contributed by atoms with E-state index in [1.54, 1.807) is 11.3 Å². The standard InChI is InChI=1S/C16H23N3S/c1-3-5-12-19(13-6-4-2)16-18-17-15(20-16)14-10-8-7-9-11-14/h7-11H,3-6,12-13H2,1-2H3. The van der Waals surface area contributed by atoms with E-state index in [-0.39, 0.29) is 0 Å². The van der Waals surface area contributed by atoms with Crippen molar-refractivity contribution in [3.05, 3.63) is 30.3 Å². The van der Waals surface area contributed by atoms with E-state index in [1.165, 1.54) is 25.7 Å². The molecule has 0 fully saturated rings. The van der Waals surface area contributed by atoms with Crippen LogP contribution >= 0.6 is 11.3 Å². The fourth-order valence-electron chi connectivity index (χ4n) is 2.04. The first kappa shape index (κ1) is 15.0. The Hall–Kier alpha value is -1.42. The van der Waals surface area contributed by atoms with Crippen LogP contribution in [0.25, 0.3) is 10.6 Å². The van der Waals surface area contributed by atoms with Crippen LogP contribution < -0.4 is 4.90 Å². The SMILES string of the molecule is CCCCN(CCCC)c1nnc(-c2ccccc2)s1. The first-order valence-corrected chi connectivity index (χ1v) is 8.30. The zero-order valence-corrected chi connectivity index (χ0v) is 13.2. The number of aromatic nitrogens is 2. The van der Waals surface area contributed by atoms with E-state index in [2.05, 4.69) is 41.1 Å². The summed E-state index contributed by atoms with van der Waals surface area (Å²) in [6.45, 7) is 6.63. The molecule has 0 N–H and O–H groups in total. The molecule has 1 aromatic heterocycles. The number of hydrogen-bond acceptors (Lipinski definition) is 4. The molecular weight excluding hydrogens is 266 g/mol. The molecular formula is C16H23N3S. The van der Waals surface area contributed by atoms with E-state index < -0.39 is 0 Å². The van der Waals surface area contributed by atoms with Crippen molar-refractivity contribution in [1.29, 1.82) is 0 Å². The van der Waals surface area contributed by atoms with Gasteiger partial charge in [0.2, 0.25) is 5.13 Å². The number of anilines is 1. The maximum absolute atomic E-state index is 4.39. The fraction of sp³-hybridized carbons (Fsp3) is 0.500. The highest BCUT2D eigenvalue weighted by atomic mass is 32.1. The van der Waals surface area contributed by atoms with Gasteiger partial charge in [-0.3, -0.25) is 0 Å². The zero-order chi connectivity index (χ0) is 14.2. The average molecular weight is 289 g/mol. The lowest BCUT2D eigenvalue weighted by molar-refractivity contribution is 0.673. The maximum Gasteiger partial charge on any atom is 0.208 e. The second-order valence-corrected chi connectivity index (χ2v) is 5.91. The van der Waals surface area contributed by atoms with Crippen LogP contribution in [0.1, 0.15) is 39.5 Å². The minimum atomic E-state index is 1.01. The first-order valence-electron chi connectivity index (χ1n) is 7.49. The zero-order valence-electron chi connectivity index (χ0n) is 12.4. The van der Waals surface area contributed by atoms with Crippen molar-refractivity contribution in [1.82, 2.24) is 10.2 Å². The molecule has 3 nitrogen and oxygen atoms in total. The Bertz CT molecular complexity index is 487. The maximum atomic E-state index is 4.39. The third-order valence-corrected chi connectivity index (χ3v) is 4.30. The molecule has 0 aliphatic heterocycles. The van der Waals surface area contributed by atoms with E-state index in [9.17, 15) is 0 Å². The van der Waals surface area contributed by atoms with E-state index in [1.807, 2.05) is 18.2 Å². The molecule has 0 spiro atoms. The molecule has 1 aromatic carbocycles. The third-order valence-electron chi connectivity index (χ3n) is 3.27. The number of unbranched alkanes of at least 4 members (excludes halogenated alkanes) is 2. The van der Waals surface area contributed by atoms with Gasteiger partial charge in [0, 0.05) is 18.7 Å². The van der Waals surface area contributed by atoms with E-state index >= 15 is 0 Å². The highest BCUT2D eigenvalue weighted by Gasteiger charge is 2.12. The highest BCUT2D eigenvalue weighted by molar-refractivity contribution is 7.18. The largest absolute Gasteiger partial charge is 0.347 e. The van der Waals surface area contributed by atoms with Gasteiger partial charge < -0.3 is 4.90 Å². The van der Waals surface area contributed by atoms with Gasteiger partial charge in [-0.15, -0.1) is 10.2 Å².